The smallest absolute Gasteiger partial charge is 0.392 e. The monoisotopic (exact) mass is 523 g/mol. The summed E-state index contributed by atoms with van der Waals surface area (Å²) in [6.07, 6.45) is -4.84. The van der Waals surface area contributed by atoms with Crippen LogP contribution in [0.2, 0.25) is 10.0 Å². The molecule has 0 unspecified atom stereocenters. The van der Waals surface area contributed by atoms with Gasteiger partial charge >= 0.3 is 12.1 Å². The van der Waals surface area contributed by atoms with Gasteiger partial charge < -0.3 is 10.4 Å². The van der Waals surface area contributed by atoms with E-state index in [1.165, 1.54) is 36.4 Å². The molecule has 0 bridgehead atoms. The van der Waals surface area contributed by atoms with E-state index < -0.39 is 29.9 Å². The highest BCUT2D eigenvalue weighted by Crippen LogP contribution is 2.39. The molecule has 0 saturated heterocycles. The normalized spacial score (nSPS) is 13.2. The molecule has 3 rings (SSSR count). The maximum Gasteiger partial charge on any atom is 0.392 e. The minimum atomic E-state index is -4.62. The van der Waals surface area contributed by atoms with Gasteiger partial charge in [-0.25, -0.2) is 0 Å². The minimum Gasteiger partial charge on any atom is -0.481 e. The van der Waals surface area contributed by atoms with E-state index in [-0.39, 0.29) is 22.7 Å². The average Bonchev–Trinajstić information content (AvgIpc) is 2.77. The van der Waals surface area contributed by atoms with E-state index in [0.717, 1.165) is 12.5 Å². The Hall–Kier alpha value is -3.03. The van der Waals surface area contributed by atoms with Crippen LogP contribution in [-0.4, -0.2) is 23.2 Å². The van der Waals surface area contributed by atoms with Crippen molar-refractivity contribution in [3.05, 3.63) is 87.4 Å². The number of benzene rings is 3. The van der Waals surface area contributed by atoms with E-state index in [2.05, 4.69) is 5.32 Å². The summed E-state index contributed by atoms with van der Waals surface area (Å²) >= 11 is 12.1. The minimum absolute atomic E-state index is 0.116. The highest BCUT2D eigenvalue weighted by molar-refractivity contribution is 6.34. The second kappa shape index (κ2) is 10.7. The number of hydrogen-bond donors (Lipinski definition) is 2. The summed E-state index contributed by atoms with van der Waals surface area (Å²) in [5.74, 6) is -5.42. The number of aliphatic carboxylic acids is 1. The van der Waals surface area contributed by atoms with Gasteiger partial charge in [0.15, 0.2) is 0 Å². The van der Waals surface area contributed by atoms with Crippen LogP contribution >= 0.6 is 23.2 Å². The molecule has 0 aliphatic rings. The molecule has 2 atom stereocenters. The first-order chi connectivity index (χ1) is 16.4. The average molecular weight is 524 g/mol. The molecule has 0 radical (unpaired) electrons. The van der Waals surface area contributed by atoms with E-state index in [1.807, 2.05) is 6.92 Å². The number of rotatable bonds is 7. The molecule has 184 valence electrons. The Kier molecular flexibility index (Phi) is 8.13. The second-order valence-electron chi connectivity index (χ2n) is 8.27. The van der Waals surface area contributed by atoms with Crippen LogP contribution in [0.1, 0.15) is 29.5 Å². The molecule has 0 saturated carbocycles. The molecule has 3 aromatic rings. The number of anilines is 1. The summed E-state index contributed by atoms with van der Waals surface area (Å²) in [6.45, 7) is 2.80. The topological polar surface area (TPSA) is 66.4 Å². The van der Waals surface area contributed by atoms with E-state index >= 15 is 0 Å². The number of carboxylic acid groups (broad SMARTS) is 1. The third-order valence-corrected chi connectivity index (χ3v) is 6.25. The number of alkyl halides is 3. The number of aryl methyl sites for hydroxylation is 1. The Morgan fingerprint density at radius 2 is 1.66 bits per heavy atom. The van der Waals surface area contributed by atoms with Crippen LogP contribution in [-0.2, 0) is 16.0 Å². The molecule has 35 heavy (non-hydrogen) atoms. The van der Waals surface area contributed by atoms with Gasteiger partial charge in [-0.2, -0.15) is 13.2 Å². The second-order valence-corrected chi connectivity index (χ2v) is 9.12. The molecule has 0 aliphatic carbocycles. The van der Waals surface area contributed by atoms with Crippen molar-refractivity contribution >= 4 is 40.8 Å². The van der Waals surface area contributed by atoms with Gasteiger partial charge in [0.1, 0.15) is 0 Å². The van der Waals surface area contributed by atoms with Crippen LogP contribution in [0, 0.1) is 12.8 Å². The summed E-state index contributed by atoms with van der Waals surface area (Å²) in [7, 11) is 0. The number of nitrogens with one attached hydrogen (secondary N) is 1. The van der Waals surface area contributed by atoms with Crippen molar-refractivity contribution in [3.63, 3.8) is 0 Å². The zero-order valence-electron chi connectivity index (χ0n) is 18.8. The van der Waals surface area contributed by atoms with Gasteiger partial charge in [0, 0.05) is 5.02 Å². The molecule has 0 aliphatic heterocycles. The Morgan fingerprint density at radius 1 is 1.00 bits per heavy atom. The molecule has 0 spiro atoms. The van der Waals surface area contributed by atoms with Gasteiger partial charge in [0.25, 0.3) is 0 Å². The van der Waals surface area contributed by atoms with Crippen LogP contribution in [0.4, 0.5) is 18.9 Å². The lowest BCUT2D eigenvalue weighted by Crippen LogP contribution is -2.34. The quantitative estimate of drug-likeness (QED) is 0.336. The fraction of sp³-hybridized carbons (Fsp3) is 0.231. The summed E-state index contributed by atoms with van der Waals surface area (Å²) in [6, 6.07) is 15.6. The van der Waals surface area contributed by atoms with Gasteiger partial charge in [-0.3, -0.25) is 9.59 Å². The molecule has 4 nitrogen and oxygen atoms in total. The Labute approximate surface area is 210 Å². The molecule has 3 aromatic carbocycles. The van der Waals surface area contributed by atoms with Gasteiger partial charge in [-0.1, -0.05) is 72.1 Å². The third-order valence-electron chi connectivity index (χ3n) is 5.67. The van der Waals surface area contributed by atoms with Crippen molar-refractivity contribution < 1.29 is 27.9 Å². The van der Waals surface area contributed by atoms with E-state index in [4.69, 9.17) is 23.2 Å². The van der Waals surface area contributed by atoms with Crippen molar-refractivity contribution in [2.24, 2.45) is 5.92 Å². The zero-order valence-corrected chi connectivity index (χ0v) is 20.3. The Balaban J connectivity index is 2.01. The lowest BCUT2D eigenvalue weighted by molar-refractivity contribution is -0.178. The third kappa shape index (κ3) is 6.55. The standard InChI is InChI=1S/C26H22Cl2F3NO3/c1-14-3-4-18(13-23(33)34)20(11-14)17-7-10-21(28)22(12-17)32-25(35)24(15(2)26(29,30)31)16-5-8-19(27)9-6-16/h3-12,15,24H,13H2,1-2H3,(H,32,35)(H,33,34)/t15-,24+/m1/s1. The largest absolute Gasteiger partial charge is 0.481 e. The van der Waals surface area contributed by atoms with E-state index in [9.17, 15) is 27.9 Å². The number of carbonyl (C=O) groups is 2. The molecule has 9 heteroatoms. The van der Waals surface area contributed by atoms with Gasteiger partial charge in [0.2, 0.25) is 5.91 Å². The number of amides is 1. The van der Waals surface area contributed by atoms with Crippen molar-refractivity contribution in [2.45, 2.75) is 32.4 Å². The number of halogens is 5. The highest BCUT2D eigenvalue weighted by atomic mass is 35.5. The predicted molar refractivity (Wildman–Crippen MR) is 131 cm³/mol. The van der Waals surface area contributed by atoms with Crippen molar-refractivity contribution in [1.29, 1.82) is 0 Å². The summed E-state index contributed by atoms with van der Waals surface area (Å²) in [4.78, 5) is 24.5. The highest BCUT2D eigenvalue weighted by Gasteiger charge is 2.45. The maximum atomic E-state index is 13.6. The first-order valence-corrected chi connectivity index (χ1v) is 11.4. The molecular formula is C26H22Cl2F3NO3. The van der Waals surface area contributed by atoms with Gasteiger partial charge in [0.05, 0.1) is 29.0 Å². The van der Waals surface area contributed by atoms with Crippen LogP contribution in [0.3, 0.4) is 0 Å². The Morgan fingerprint density at radius 3 is 2.26 bits per heavy atom. The molecule has 1 amide bonds. The summed E-state index contributed by atoms with van der Waals surface area (Å²) in [5.41, 5.74) is 2.90. The predicted octanol–water partition coefficient (Wildman–Crippen LogP) is 7.52. The fourth-order valence-electron chi connectivity index (χ4n) is 3.80. The van der Waals surface area contributed by atoms with Crippen LogP contribution < -0.4 is 5.32 Å². The summed E-state index contributed by atoms with van der Waals surface area (Å²) in [5, 5.41) is 12.3. The molecule has 0 fully saturated rings. The van der Waals surface area contributed by atoms with E-state index in [0.29, 0.717) is 21.7 Å². The SMILES string of the molecule is Cc1ccc(CC(=O)O)c(-c2ccc(Cl)c(NC(=O)[C@H](c3ccc(Cl)cc3)[C@@H](C)C(F)(F)F)c2)c1. The number of carbonyl (C=O) groups excluding carboxylic acids is 1. The van der Waals surface area contributed by atoms with Crippen molar-refractivity contribution in [3.8, 4) is 11.1 Å². The number of hydrogen-bond acceptors (Lipinski definition) is 2. The number of carboxylic acids is 1. The van der Waals surface area contributed by atoms with Crippen molar-refractivity contribution in [1.82, 2.24) is 0 Å². The molecule has 2 N–H and O–H groups in total. The summed E-state index contributed by atoms with van der Waals surface area (Å²) < 4.78 is 40.9. The van der Waals surface area contributed by atoms with Gasteiger partial charge in [-0.05, 0) is 53.4 Å². The lowest BCUT2D eigenvalue weighted by atomic mass is 9.85. The molecule has 0 aromatic heterocycles. The maximum absolute atomic E-state index is 13.6. The van der Waals surface area contributed by atoms with Crippen LogP contribution in [0.15, 0.2) is 60.7 Å². The molecular weight excluding hydrogens is 502 g/mol. The first-order valence-electron chi connectivity index (χ1n) is 10.6. The van der Waals surface area contributed by atoms with Crippen LogP contribution in [0.25, 0.3) is 11.1 Å². The van der Waals surface area contributed by atoms with Gasteiger partial charge in [-0.15, -0.1) is 0 Å². The fourth-order valence-corrected chi connectivity index (χ4v) is 4.09. The molecule has 0 heterocycles. The van der Waals surface area contributed by atoms with Crippen molar-refractivity contribution in [2.75, 3.05) is 5.32 Å². The zero-order chi connectivity index (χ0) is 25.9. The lowest BCUT2D eigenvalue weighted by Gasteiger charge is -2.26. The van der Waals surface area contributed by atoms with E-state index in [1.54, 1.807) is 24.3 Å². The van der Waals surface area contributed by atoms with Crippen LogP contribution in [0.5, 0.6) is 0 Å². The first kappa shape index (κ1) is 26.6. The Bertz CT molecular complexity index is 1240.